The summed E-state index contributed by atoms with van der Waals surface area (Å²) in [7, 11) is 0. The largest absolute Gasteiger partial charge is 0.472 e. The molecule has 0 aromatic carbocycles. The van der Waals surface area contributed by atoms with E-state index in [2.05, 4.69) is 4.90 Å². The second kappa shape index (κ2) is 8.43. The summed E-state index contributed by atoms with van der Waals surface area (Å²) in [5, 5.41) is 12.1. The quantitative estimate of drug-likeness (QED) is 0.823. The lowest BCUT2D eigenvalue weighted by Gasteiger charge is -2.35. The molecule has 0 radical (unpaired) electrons. The van der Waals surface area contributed by atoms with Crippen molar-refractivity contribution in [3.05, 3.63) is 46.5 Å². The number of piperazine rings is 1. The molecule has 2 aromatic rings. The van der Waals surface area contributed by atoms with E-state index < -0.39 is 6.10 Å². The molecule has 7 heteroatoms. The van der Waals surface area contributed by atoms with Crippen molar-refractivity contribution in [2.75, 3.05) is 39.3 Å². The van der Waals surface area contributed by atoms with E-state index in [1.54, 1.807) is 17.4 Å². The Morgan fingerprint density at radius 3 is 2.83 bits per heavy atom. The second-order valence-corrected chi connectivity index (χ2v) is 6.89. The van der Waals surface area contributed by atoms with Crippen molar-refractivity contribution >= 4 is 17.2 Å². The molecule has 0 bridgehead atoms. The molecule has 1 fully saturated rings. The molecule has 1 atom stereocenters. The highest BCUT2D eigenvalue weighted by Crippen LogP contribution is 2.11. The first kappa shape index (κ1) is 17.2. The summed E-state index contributed by atoms with van der Waals surface area (Å²) >= 11 is 1.65. The van der Waals surface area contributed by atoms with Crippen LogP contribution in [-0.4, -0.2) is 66.2 Å². The summed E-state index contributed by atoms with van der Waals surface area (Å²) in [4.78, 5) is 17.4. The van der Waals surface area contributed by atoms with Gasteiger partial charge in [0.1, 0.15) is 6.26 Å². The van der Waals surface area contributed by atoms with E-state index in [0.717, 1.165) is 18.0 Å². The number of thiophene rings is 1. The summed E-state index contributed by atoms with van der Waals surface area (Å²) in [5.74, 6) is 0.00299. The van der Waals surface area contributed by atoms with Crippen LogP contribution in [0.3, 0.4) is 0 Å². The molecule has 24 heavy (non-hydrogen) atoms. The number of hydrogen-bond donors (Lipinski definition) is 1. The third kappa shape index (κ3) is 4.67. The van der Waals surface area contributed by atoms with Gasteiger partial charge in [0, 0.05) is 37.6 Å². The van der Waals surface area contributed by atoms with Crippen LogP contribution < -0.4 is 0 Å². The third-order valence-electron chi connectivity index (χ3n) is 4.03. The molecule has 1 saturated heterocycles. The normalized spacial score (nSPS) is 17.1. The highest BCUT2D eigenvalue weighted by atomic mass is 32.1. The maximum absolute atomic E-state index is 12.2. The molecule has 0 aliphatic carbocycles. The molecule has 2 aromatic heterocycles. The molecule has 130 valence electrons. The number of amides is 1. The van der Waals surface area contributed by atoms with Crippen LogP contribution in [0.2, 0.25) is 0 Å². The van der Waals surface area contributed by atoms with Crippen molar-refractivity contribution in [1.29, 1.82) is 0 Å². The van der Waals surface area contributed by atoms with Gasteiger partial charge in [-0.05, 0) is 17.5 Å². The van der Waals surface area contributed by atoms with Gasteiger partial charge in [-0.1, -0.05) is 6.07 Å². The topological polar surface area (TPSA) is 66.2 Å². The van der Waals surface area contributed by atoms with Crippen LogP contribution in [0.1, 0.15) is 15.2 Å². The Labute approximate surface area is 145 Å². The number of aliphatic hydroxyl groups excluding tert-OH is 1. The Morgan fingerprint density at radius 2 is 2.17 bits per heavy atom. The maximum atomic E-state index is 12.2. The van der Waals surface area contributed by atoms with E-state index in [0.29, 0.717) is 38.4 Å². The molecule has 3 heterocycles. The molecule has 1 aliphatic rings. The number of hydrogen-bond acceptors (Lipinski definition) is 6. The standard InChI is InChI=1S/C17H22N2O4S/c20-15(12-23-13-16-2-1-9-24-16)10-18-4-6-19(7-5-18)17(21)14-3-8-22-11-14/h1-3,8-9,11,15,20H,4-7,10,12-13H2. The van der Waals surface area contributed by atoms with Crippen molar-refractivity contribution in [3.63, 3.8) is 0 Å². The molecular weight excluding hydrogens is 328 g/mol. The van der Waals surface area contributed by atoms with Gasteiger partial charge in [0.15, 0.2) is 0 Å². The fraction of sp³-hybridized carbons (Fsp3) is 0.471. The number of aliphatic hydroxyl groups is 1. The second-order valence-electron chi connectivity index (χ2n) is 5.85. The van der Waals surface area contributed by atoms with Gasteiger partial charge in [0.05, 0.1) is 31.1 Å². The number of ether oxygens (including phenoxy) is 1. The van der Waals surface area contributed by atoms with Crippen LogP contribution >= 0.6 is 11.3 Å². The third-order valence-corrected chi connectivity index (χ3v) is 4.88. The zero-order valence-electron chi connectivity index (χ0n) is 13.5. The van der Waals surface area contributed by atoms with Gasteiger partial charge >= 0.3 is 0 Å². The molecule has 3 rings (SSSR count). The molecule has 1 amide bonds. The number of rotatable bonds is 7. The van der Waals surface area contributed by atoms with Crippen LogP contribution in [0, 0.1) is 0 Å². The minimum Gasteiger partial charge on any atom is -0.472 e. The SMILES string of the molecule is O=C(c1ccoc1)N1CCN(CC(O)COCc2cccs2)CC1. The van der Waals surface area contributed by atoms with Crippen molar-refractivity contribution < 1.29 is 19.1 Å². The first-order chi connectivity index (χ1) is 11.7. The van der Waals surface area contributed by atoms with E-state index in [1.807, 2.05) is 22.4 Å². The van der Waals surface area contributed by atoms with E-state index >= 15 is 0 Å². The van der Waals surface area contributed by atoms with Crippen LogP contribution in [0.4, 0.5) is 0 Å². The number of carbonyl (C=O) groups excluding carboxylic acids is 1. The smallest absolute Gasteiger partial charge is 0.257 e. The first-order valence-electron chi connectivity index (χ1n) is 8.04. The zero-order chi connectivity index (χ0) is 16.8. The lowest BCUT2D eigenvalue weighted by molar-refractivity contribution is 0.00270. The van der Waals surface area contributed by atoms with E-state index in [-0.39, 0.29) is 5.91 Å². The molecule has 0 spiro atoms. The van der Waals surface area contributed by atoms with Crippen molar-refractivity contribution in [2.45, 2.75) is 12.7 Å². The summed E-state index contributed by atoms with van der Waals surface area (Å²) in [6.45, 7) is 4.27. The molecule has 1 unspecified atom stereocenters. The van der Waals surface area contributed by atoms with E-state index in [9.17, 15) is 9.90 Å². The van der Waals surface area contributed by atoms with Crippen LogP contribution in [0.25, 0.3) is 0 Å². The Hall–Kier alpha value is -1.67. The fourth-order valence-electron chi connectivity index (χ4n) is 2.74. The van der Waals surface area contributed by atoms with Crippen molar-refractivity contribution in [1.82, 2.24) is 9.80 Å². The number of carbonyl (C=O) groups is 1. The Kier molecular flexibility index (Phi) is 6.03. The van der Waals surface area contributed by atoms with Crippen LogP contribution in [0.15, 0.2) is 40.5 Å². The molecule has 6 nitrogen and oxygen atoms in total. The maximum Gasteiger partial charge on any atom is 0.257 e. The minimum absolute atomic E-state index is 0.00299. The average molecular weight is 350 g/mol. The predicted molar refractivity (Wildman–Crippen MR) is 91.0 cm³/mol. The molecule has 1 aliphatic heterocycles. The Balaban J connectivity index is 1.35. The van der Waals surface area contributed by atoms with Gasteiger partial charge in [0.25, 0.3) is 5.91 Å². The van der Waals surface area contributed by atoms with Gasteiger partial charge < -0.3 is 19.2 Å². The highest BCUT2D eigenvalue weighted by Gasteiger charge is 2.23. The number of furan rings is 1. The van der Waals surface area contributed by atoms with Crippen molar-refractivity contribution in [2.24, 2.45) is 0 Å². The average Bonchev–Trinajstić information content (AvgIpc) is 3.29. The van der Waals surface area contributed by atoms with Gasteiger partial charge in [-0.25, -0.2) is 0 Å². The van der Waals surface area contributed by atoms with Gasteiger partial charge in [-0.2, -0.15) is 0 Å². The monoisotopic (exact) mass is 350 g/mol. The lowest BCUT2D eigenvalue weighted by Crippen LogP contribution is -2.50. The fourth-order valence-corrected chi connectivity index (χ4v) is 3.38. The van der Waals surface area contributed by atoms with Crippen LogP contribution in [-0.2, 0) is 11.3 Å². The number of nitrogens with zero attached hydrogens (tertiary/aromatic N) is 2. The summed E-state index contributed by atoms with van der Waals surface area (Å²) < 4.78 is 10.5. The minimum atomic E-state index is -0.513. The van der Waals surface area contributed by atoms with Gasteiger partial charge in [0.2, 0.25) is 0 Å². The predicted octanol–water partition coefficient (Wildman–Crippen LogP) is 1.68. The highest BCUT2D eigenvalue weighted by molar-refractivity contribution is 7.09. The zero-order valence-corrected chi connectivity index (χ0v) is 14.3. The van der Waals surface area contributed by atoms with Gasteiger partial charge in [-0.3, -0.25) is 9.69 Å². The molecular formula is C17H22N2O4S. The van der Waals surface area contributed by atoms with Gasteiger partial charge in [-0.15, -0.1) is 11.3 Å². The molecule has 1 N–H and O–H groups in total. The Morgan fingerprint density at radius 1 is 1.33 bits per heavy atom. The number of β-amino-alcohol motifs (C(OH)–C–C–N with tert-alkyl or cyclic N) is 1. The summed E-state index contributed by atoms with van der Waals surface area (Å²) in [6.07, 6.45) is 2.47. The summed E-state index contributed by atoms with van der Waals surface area (Å²) in [6, 6.07) is 5.70. The van der Waals surface area contributed by atoms with Crippen LogP contribution in [0.5, 0.6) is 0 Å². The molecule has 0 saturated carbocycles. The Bertz CT molecular complexity index is 607. The first-order valence-corrected chi connectivity index (χ1v) is 8.92. The summed E-state index contributed by atoms with van der Waals surface area (Å²) in [5.41, 5.74) is 0.588. The van der Waals surface area contributed by atoms with E-state index in [1.165, 1.54) is 12.5 Å². The lowest BCUT2D eigenvalue weighted by atomic mass is 10.2. The van der Waals surface area contributed by atoms with E-state index in [4.69, 9.17) is 9.15 Å². The van der Waals surface area contributed by atoms with Crippen molar-refractivity contribution in [3.8, 4) is 0 Å².